The van der Waals surface area contributed by atoms with Crippen molar-refractivity contribution in [2.45, 2.75) is 50.9 Å². The molecule has 4 atom stereocenters. The van der Waals surface area contributed by atoms with Crippen molar-refractivity contribution in [2.75, 3.05) is 0 Å². The zero-order chi connectivity index (χ0) is 17.4. The van der Waals surface area contributed by atoms with Gasteiger partial charge in [0, 0.05) is 6.42 Å². The van der Waals surface area contributed by atoms with E-state index in [1.807, 2.05) is 0 Å². The van der Waals surface area contributed by atoms with E-state index in [1.54, 1.807) is 0 Å². The summed E-state index contributed by atoms with van der Waals surface area (Å²) in [5, 5.41) is 30.9. The van der Waals surface area contributed by atoms with Crippen molar-refractivity contribution in [3.05, 3.63) is 0 Å². The molecule has 0 aromatic carbocycles. The van der Waals surface area contributed by atoms with Crippen LogP contribution in [0, 0.1) is 0 Å². The zero-order valence-electron chi connectivity index (χ0n) is 12.3. The number of hydrogen-bond donors (Lipinski definition) is 6. The molecule has 22 heavy (non-hydrogen) atoms. The van der Waals surface area contributed by atoms with Gasteiger partial charge in [0.15, 0.2) is 0 Å². The fourth-order valence-electron chi connectivity index (χ4n) is 1.40. The molecular weight excluding hydrogens is 298 g/mol. The number of aliphatic hydroxyl groups is 1. The maximum Gasteiger partial charge on any atom is 0.325 e. The first-order valence-corrected chi connectivity index (χ1v) is 6.55. The monoisotopic (exact) mass is 319 g/mol. The van der Waals surface area contributed by atoms with Gasteiger partial charge >= 0.3 is 11.9 Å². The van der Waals surface area contributed by atoms with E-state index in [0.717, 1.165) is 0 Å². The van der Waals surface area contributed by atoms with Crippen molar-refractivity contribution in [3.63, 3.8) is 0 Å². The van der Waals surface area contributed by atoms with E-state index in [9.17, 15) is 24.3 Å². The molecule has 0 heterocycles. The Morgan fingerprint density at radius 3 is 2.00 bits per heavy atom. The van der Waals surface area contributed by atoms with Gasteiger partial charge in [-0.2, -0.15) is 0 Å². The van der Waals surface area contributed by atoms with Crippen LogP contribution < -0.4 is 16.4 Å². The summed E-state index contributed by atoms with van der Waals surface area (Å²) in [6.45, 7) is 2.50. The molecule has 0 saturated heterocycles. The number of aliphatic carboxylic acids is 2. The second-order valence-electron chi connectivity index (χ2n) is 4.83. The van der Waals surface area contributed by atoms with E-state index in [4.69, 9.17) is 15.9 Å². The van der Waals surface area contributed by atoms with Crippen LogP contribution in [-0.2, 0) is 19.2 Å². The molecule has 0 aromatic heterocycles. The van der Waals surface area contributed by atoms with E-state index < -0.39 is 54.4 Å². The van der Waals surface area contributed by atoms with Crippen molar-refractivity contribution in [1.82, 2.24) is 10.6 Å². The molecule has 0 aliphatic heterocycles. The minimum Gasteiger partial charge on any atom is -0.481 e. The van der Waals surface area contributed by atoms with Crippen LogP contribution in [0.2, 0.25) is 0 Å². The molecule has 126 valence electrons. The van der Waals surface area contributed by atoms with Gasteiger partial charge in [0.25, 0.3) is 0 Å². The fourth-order valence-corrected chi connectivity index (χ4v) is 1.40. The van der Waals surface area contributed by atoms with Crippen LogP contribution in [0.25, 0.3) is 0 Å². The number of carbonyl (C=O) groups excluding carboxylic acids is 2. The smallest absolute Gasteiger partial charge is 0.325 e. The lowest BCUT2D eigenvalue weighted by molar-refractivity contribution is -0.142. The molecule has 0 rings (SSSR count). The molecular formula is C12H21N3O7. The average molecular weight is 319 g/mol. The van der Waals surface area contributed by atoms with Crippen molar-refractivity contribution in [2.24, 2.45) is 5.73 Å². The summed E-state index contributed by atoms with van der Waals surface area (Å²) in [4.78, 5) is 44.9. The average Bonchev–Trinajstić information content (AvgIpc) is 2.41. The first-order chi connectivity index (χ1) is 10.1. The van der Waals surface area contributed by atoms with Gasteiger partial charge < -0.3 is 31.7 Å². The maximum atomic E-state index is 11.9. The molecule has 10 heteroatoms. The number of amides is 2. The van der Waals surface area contributed by atoms with Crippen LogP contribution in [0.1, 0.15) is 26.7 Å². The SMILES string of the molecule is CC(NC(=O)C(CCC(=O)O)NC(=O)C(N)C(C)O)C(=O)O. The molecule has 0 aliphatic rings. The lowest BCUT2D eigenvalue weighted by Crippen LogP contribution is -2.56. The topological polar surface area (TPSA) is 179 Å². The van der Waals surface area contributed by atoms with Gasteiger partial charge in [0.05, 0.1) is 6.10 Å². The van der Waals surface area contributed by atoms with E-state index in [2.05, 4.69) is 10.6 Å². The van der Waals surface area contributed by atoms with Crippen LogP contribution in [0.4, 0.5) is 0 Å². The molecule has 0 radical (unpaired) electrons. The van der Waals surface area contributed by atoms with Crippen LogP contribution >= 0.6 is 0 Å². The fraction of sp³-hybridized carbons (Fsp3) is 0.667. The standard InChI is InChI=1S/C12H21N3O7/c1-5(12(21)22)14-10(19)7(3-4-8(17)18)15-11(20)9(13)6(2)16/h5-7,9,16H,3-4,13H2,1-2H3,(H,14,19)(H,15,20)(H,17,18)(H,21,22). The molecule has 0 spiro atoms. The Bertz CT molecular complexity index is 438. The van der Waals surface area contributed by atoms with Gasteiger partial charge in [-0.05, 0) is 20.3 Å². The molecule has 0 aliphatic carbocycles. The molecule has 0 saturated carbocycles. The predicted octanol–water partition coefficient (Wildman–Crippen LogP) is -2.37. The Morgan fingerprint density at radius 1 is 1.05 bits per heavy atom. The lowest BCUT2D eigenvalue weighted by Gasteiger charge is -2.22. The third-order valence-electron chi connectivity index (χ3n) is 2.83. The van der Waals surface area contributed by atoms with Gasteiger partial charge in [0.1, 0.15) is 18.1 Å². The van der Waals surface area contributed by atoms with Gasteiger partial charge in [-0.3, -0.25) is 19.2 Å². The summed E-state index contributed by atoms with van der Waals surface area (Å²) in [7, 11) is 0. The quantitative estimate of drug-likeness (QED) is 0.273. The zero-order valence-corrected chi connectivity index (χ0v) is 12.3. The Kier molecular flexibility index (Phi) is 8.05. The van der Waals surface area contributed by atoms with Crippen molar-refractivity contribution in [1.29, 1.82) is 0 Å². The largest absolute Gasteiger partial charge is 0.481 e. The van der Waals surface area contributed by atoms with Crippen molar-refractivity contribution in [3.8, 4) is 0 Å². The van der Waals surface area contributed by atoms with E-state index in [-0.39, 0.29) is 6.42 Å². The number of nitrogens with two attached hydrogens (primary N) is 1. The lowest BCUT2D eigenvalue weighted by atomic mass is 10.1. The highest BCUT2D eigenvalue weighted by Crippen LogP contribution is 2.01. The minimum absolute atomic E-state index is 0.244. The Balaban J connectivity index is 4.88. The number of carboxylic acid groups (broad SMARTS) is 2. The van der Waals surface area contributed by atoms with Gasteiger partial charge in [-0.25, -0.2) is 0 Å². The van der Waals surface area contributed by atoms with Crippen LogP contribution in [0.5, 0.6) is 0 Å². The summed E-state index contributed by atoms with van der Waals surface area (Å²) >= 11 is 0. The Labute approximate surface area is 126 Å². The molecule has 4 unspecified atom stereocenters. The predicted molar refractivity (Wildman–Crippen MR) is 73.7 cm³/mol. The minimum atomic E-state index is -1.29. The molecule has 10 nitrogen and oxygen atoms in total. The summed E-state index contributed by atoms with van der Waals surface area (Å²) in [5.74, 6) is -4.15. The number of hydrogen-bond acceptors (Lipinski definition) is 6. The summed E-state index contributed by atoms with van der Waals surface area (Å²) < 4.78 is 0. The van der Waals surface area contributed by atoms with Gasteiger partial charge in [-0.1, -0.05) is 0 Å². The first-order valence-electron chi connectivity index (χ1n) is 6.55. The van der Waals surface area contributed by atoms with Crippen molar-refractivity contribution >= 4 is 23.8 Å². The Morgan fingerprint density at radius 2 is 1.59 bits per heavy atom. The second kappa shape index (κ2) is 8.95. The van der Waals surface area contributed by atoms with E-state index in [1.165, 1.54) is 13.8 Å². The maximum absolute atomic E-state index is 11.9. The third-order valence-corrected chi connectivity index (χ3v) is 2.83. The highest BCUT2D eigenvalue weighted by molar-refractivity contribution is 5.92. The number of nitrogens with one attached hydrogen (secondary N) is 2. The highest BCUT2D eigenvalue weighted by atomic mass is 16.4. The second-order valence-corrected chi connectivity index (χ2v) is 4.83. The summed E-state index contributed by atoms with van der Waals surface area (Å²) in [5.41, 5.74) is 5.41. The molecule has 0 aromatic rings. The number of rotatable bonds is 9. The van der Waals surface area contributed by atoms with Gasteiger partial charge in [-0.15, -0.1) is 0 Å². The summed E-state index contributed by atoms with van der Waals surface area (Å²) in [6, 6.07) is -3.77. The van der Waals surface area contributed by atoms with Gasteiger partial charge in [0.2, 0.25) is 11.8 Å². The van der Waals surface area contributed by atoms with Crippen LogP contribution in [0.15, 0.2) is 0 Å². The van der Waals surface area contributed by atoms with E-state index in [0.29, 0.717) is 0 Å². The van der Waals surface area contributed by atoms with Crippen LogP contribution in [0.3, 0.4) is 0 Å². The number of carboxylic acids is 2. The Hall–Kier alpha value is -2.20. The highest BCUT2D eigenvalue weighted by Gasteiger charge is 2.28. The molecule has 2 amide bonds. The number of aliphatic hydroxyl groups excluding tert-OH is 1. The van der Waals surface area contributed by atoms with Crippen molar-refractivity contribution < 1.29 is 34.5 Å². The molecule has 7 N–H and O–H groups in total. The molecule has 0 fully saturated rings. The normalized spacial score (nSPS) is 16.0. The first kappa shape index (κ1) is 19.8. The number of carbonyl (C=O) groups is 4. The molecule has 0 bridgehead atoms. The van der Waals surface area contributed by atoms with E-state index >= 15 is 0 Å². The third kappa shape index (κ3) is 6.99. The summed E-state index contributed by atoms with van der Waals surface area (Å²) in [6.07, 6.45) is -1.82. The van der Waals surface area contributed by atoms with Crippen LogP contribution in [-0.4, -0.2) is 63.3 Å².